The molecule has 170 valence electrons. The minimum Gasteiger partial charge on any atom is -0.481 e. The number of carboxylic acid groups (broad SMARTS) is 1. The number of ether oxygens (including phenoxy) is 1. The molecular formula is C24H24N4O5. The number of carbonyl (C=O) groups excluding carboxylic acids is 2. The van der Waals surface area contributed by atoms with Gasteiger partial charge in [0.15, 0.2) is 5.69 Å². The number of amides is 2. The molecule has 0 saturated carbocycles. The molecule has 4 rings (SSSR count). The molecule has 1 aromatic heterocycles. The molecule has 1 aliphatic carbocycles. The van der Waals surface area contributed by atoms with Crippen molar-refractivity contribution in [3.63, 3.8) is 0 Å². The summed E-state index contributed by atoms with van der Waals surface area (Å²) in [5.74, 6) is -1.32. The van der Waals surface area contributed by atoms with E-state index in [-0.39, 0.29) is 30.5 Å². The minimum absolute atomic E-state index is 0.0590. The highest BCUT2D eigenvalue weighted by Gasteiger charge is 2.29. The fourth-order valence-electron chi connectivity index (χ4n) is 4.04. The van der Waals surface area contributed by atoms with Crippen molar-refractivity contribution in [1.29, 1.82) is 0 Å². The first-order chi connectivity index (χ1) is 15.8. The third-order valence-corrected chi connectivity index (χ3v) is 5.54. The molecule has 3 aromatic rings. The SMILES string of the molecule is C[C@H](CC(=O)O)NC(=O)c1cc(NC(=O)OCC2c3ccccc3-c3ccccc32)n(C)n1. The van der Waals surface area contributed by atoms with Gasteiger partial charge in [-0.25, -0.2) is 4.79 Å². The van der Waals surface area contributed by atoms with Gasteiger partial charge in [0.25, 0.3) is 5.91 Å². The predicted molar refractivity (Wildman–Crippen MR) is 121 cm³/mol. The third-order valence-electron chi connectivity index (χ3n) is 5.54. The molecule has 9 nitrogen and oxygen atoms in total. The molecule has 0 saturated heterocycles. The Kier molecular flexibility index (Phi) is 6.12. The monoisotopic (exact) mass is 448 g/mol. The molecule has 0 spiro atoms. The molecule has 0 unspecified atom stereocenters. The van der Waals surface area contributed by atoms with E-state index >= 15 is 0 Å². The summed E-state index contributed by atoms with van der Waals surface area (Å²) in [5, 5.41) is 18.1. The van der Waals surface area contributed by atoms with E-state index in [1.807, 2.05) is 36.4 Å². The molecule has 2 aromatic carbocycles. The molecule has 0 aliphatic heterocycles. The number of anilines is 1. The normalized spacial score (nSPS) is 13.0. The lowest BCUT2D eigenvalue weighted by molar-refractivity contribution is -0.137. The Morgan fingerprint density at radius 1 is 1.09 bits per heavy atom. The van der Waals surface area contributed by atoms with E-state index in [0.717, 1.165) is 22.3 Å². The number of hydrogen-bond donors (Lipinski definition) is 3. The van der Waals surface area contributed by atoms with Gasteiger partial charge in [0.2, 0.25) is 0 Å². The van der Waals surface area contributed by atoms with Gasteiger partial charge in [-0.2, -0.15) is 5.10 Å². The van der Waals surface area contributed by atoms with Crippen LogP contribution in [0, 0.1) is 0 Å². The zero-order chi connectivity index (χ0) is 23.5. The number of benzene rings is 2. The molecule has 0 fully saturated rings. The second kappa shape index (κ2) is 9.15. The lowest BCUT2D eigenvalue weighted by Gasteiger charge is -2.14. The Bertz CT molecular complexity index is 1170. The van der Waals surface area contributed by atoms with Gasteiger partial charge in [0.05, 0.1) is 6.42 Å². The highest BCUT2D eigenvalue weighted by molar-refractivity contribution is 5.94. The number of nitrogens with zero attached hydrogens (tertiary/aromatic N) is 2. The second-order valence-corrected chi connectivity index (χ2v) is 7.96. The maximum atomic E-state index is 12.5. The van der Waals surface area contributed by atoms with Crippen molar-refractivity contribution in [3.8, 4) is 11.1 Å². The number of aromatic nitrogens is 2. The first kappa shape index (κ1) is 22.1. The van der Waals surface area contributed by atoms with Gasteiger partial charge >= 0.3 is 12.1 Å². The van der Waals surface area contributed by atoms with Crippen molar-refractivity contribution in [2.75, 3.05) is 11.9 Å². The van der Waals surface area contributed by atoms with Crippen LogP contribution in [0.25, 0.3) is 11.1 Å². The average molecular weight is 448 g/mol. The number of hydrogen-bond acceptors (Lipinski definition) is 5. The largest absolute Gasteiger partial charge is 0.481 e. The van der Waals surface area contributed by atoms with Gasteiger partial charge in [-0.15, -0.1) is 0 Å². The van der Waals surface area contributed by atoms with Crippen LogP contribution in [-0.4, -0.2) is 45.5 Å². The van der Waals surface area contributed by atoms with Crippen LogP contribution in [0.2, 0.25) is 0 Å². The van der Waals surface area contributed by atoms with Crippen molar-refractivity contribution in [2.24, 2.45) is 7.05 Å². The molecule has 33 heavy (non-hydrogen) atoms. The van der Waals surface area contributed by atoms with Gasteiger partial charge in [0.1, 0.15) is 12.4 Å². The number of aliphatic carboxylic acids is 1. The summed E-state index contributed by atoms with van der Waals surface area (Å²) in [6, 6.07) is 17.0. The van der Waals surface area contributed by atoms with Crippen LogP contribution in [0.4, 0.5) is 10.6 Å². The minimum atomic E-state index is -1.01. The number of carbonyl (C=O) groups is 3. The van der Waals surface area contributed by atoms with Crippen LogP contribution >= 0.6 is 0 Å². The fourth-order valence-corrected chi connectivity index (χ4v) is 4.04. The topological polar surface area (TPSA) is 123 Å². The molecule has 1 atom stereocenters. The summed E-state index contributed by atoms with van der Waals surface area (Å²) >= 11 is 0. The summed E-state index contributed by atoms with van der Waals surface area (Å²) < 4.78 is 6.87. The number of aryl methyl sites for hydroxylation is 1. The first-order valence-corrected chi connectivity index (χ1v) is 10.5. The number of carboxylic acids is 1. The number of fused-ring (bicyclic) bond motifs is 3. The number of nitrogens with one attached hydrogen (secondary N) is 2. The van der Waals surface area contributed by atoms with Crippen LogP contribution in [0.15, 0.2) is 54.6 Å². The lowest BCUT2D eigenvalue weighted by Crippen LogP contribution is -2.34. The standard InChI is InChI=1S/C24H24N4O5/c1-14(11-22(29)30)25-23(31)20-12-21(28(2)27-20)26-24(32)33-13-19-17-9-5-3-7-15(17)16-8-4-6-10-18(16)19/h3-10,12,14,19H,11,13H2,1-2H3,(H,25,31)(H,26,32)(H,29,30)/t14-/m1/s1. The smallest absolute Gasteiger partial charge is 0.412 e. The average Bonchev–Trinajstić information content (AvgIpc) is 3.29. The Labute approximate surface area is 190 Å². The van der Waals surface area contributed by atoms with E-state index in [0.29, 0.717) is 0 Å². The zero-order valence-electron chi connectivity index (χ0n) is 18.2. The van der Waals surface area contributed by atoms with E-state index < -0.39 is 24.0 Å². The third kappa shape index (κ3) is 4.72. The van der Waals surface area contributed by atoms with Crippen LogP contribution in [-0.2, 0) is 16.6 Å². The fraction of sp³-hybridized carbons (Fsp3) is 0.250. The van der Waals surface area contributed by atoms with E-state index in [9.17, 15) is 14.4 Å². The Morgan fingerprint density at radius 3 is 2.30 bits per heavy atom. The molecule has 1 aliphatic rings. The maximum Gasteiger partial charge on any atom is 0.412 e. The maximum absolute atomic E-state index is 12.5. The lowest BCUT2D eigenvalue weighted by atomic mass is 9.98. The molecule has 3 N–H and O–H groups in total. The van der Waals surface area contributed by atoms with Gasteiger partial charge < -0.3 is 15.2 Å². The van der Waals surface area contributed by atoms with Crippen LogP contribution < -0.4 is 10.6 Å². The van der Waals surface area contributed by atoms with Crippen molar-refractivity contribution >= 4 is 23.8 Å². The van der Waals surface area contributed by atoms with Crippen molar-refractivity contribution in [3.05, 3.63) is 71.4 Å². The molecule has 1 heterocycles. The molecule has 9 heteroatoms. The van der Waals surface area contributed by atoms with Crippen LogP contribution in [0.3, 0.4) is 0 Å². The summed E-state index contributed by atoms with van der Waals surface area (Å²) in [5.41, 5.74) is 4.56. The Balaban J connectivity index is 1.39. The summed E-state index contributed by atoms with van der Waals surface area (Å²) in [6.07, 6.45) is -0.866. The molecule has 0 bridgehead atoms. The first-order valence-electron chi connectivity index (χ1n) is 10.5. The van der Waals surface area contributed by atoms with E-state index in [1.54, 1.807) is 14.0 Å². The van der Waals surface area contributed by atoms with Gasteiger partial charge in [-0.1, -0.05) is 48.5 Å². The van der Waals surface area contributed by atoms with E-state index in [2.05, 4.69) is 27.9 Å². The van der Waals surface area contributed by atoms with Gasteiger partial charge in [0, 0.05) is 25.1 Å². The number of rotatable bonds is 7. The molecule has 2 amide bonds. The Morgan fingerprint density at radius 2 is 1.70 bits per heavy atom. The van der Waals surface area contributed by atoms with Gasteiger partial charge in [-0.3, -0.25) is 19.6 Å². The highest BCUT2D eigenvalue weighted by Crippen LogP contribution is 2.44. The van der Waals surface area contributed by atoms with E-state index in [1.165, 1.54) is 10.7 Å². The van der Waals surface area contributed by atoms with E-state index in [4.69, 9.17) is 9.84 Å². The molecule has 0 radical (unpaired) electrons. The quantitative estimate of drug-likeness (QED) is 0.509. The zero-order valence-corrected chi connectivity index (χ0v) is 18.2. The van der Waals surface area contributed by atoms with Crippen LogP contribution in [0.5, 0.6) is 0 Å². The second-order valence-electron chi connectivity index (χ2n) is 7.96. The van der Waals surface area contributed by atoms with Crippen LogP contribution in [0.1, 0.15) is 40.9 Å². The van der Waals surface area contributed by atoms with Crippen molar-refractivity contribution in [1.82, 2.24) is 15.1 Å². The molecular weight excluding hydrogens is 424 g/mol. The van der Waals surface area contributed by atoms with Crippen molar-refractivity contribution in [2.45, 2.75) is 25.3 Å². The summed E-state index contributed by atoms with van der Waals surface area (Å²) in [6.45, 7) is 1.75. The predicted octanol–water partition coefficient (Wildman–Crippen LogP) is 3.37. The van der Waals surface area contributed by atoms with Crippen molar-refractivity contribution < 1.29 is 24.2 Å². The summed E-state index contributed by atoms with van der Waals surface area (Å²) in [7, 11) is 1.58. The highest BCUT2D eigenvalue weighted by atomic mass is 16.5. The summed E-state index contributed by atoms with van der Waals surface area (Å²) in [4.78, 5) is 35.5. The van der Waals surface area contributed by atoms with Gasteiger partial charge in [-0.05, 0) is 29.2 Å². The Hall–Kier alpha value is -4.14.